The minimum absolute atomic E-state index is 0.194. The summed E-state index contributed by atoms with van der Waals surface area (Å²) in [6.45, 7) is 0.194. The fraction of sp³-hybridized carbons (Fsp3) is 0.375. The number of benzene rings is 2. The highest BCUT2D eigenvalue weighted by molar-refractivity contribution is 6.02. The minimum Gasteiger partial charge on any atom is -0.493 e. The van der Waals surface area contributed by atoms with Crippen LogP contribution in [-0.4, -0.2) is 66.3 Å². The van der Waals surface area contributed by atoms with E-state index in [1.54, 1.807) is 39.4 Å². The number of carbonyl (C=O) groups excluding carboxylic acids is 1. The first-order valence-electron chi connectivity index (χ1n) is 10.1. The summed E-state index contributed by atoms with van der Waals surface area (Å²) in [5.41, 5.74) is 2.87. The molecule has 0 radical (unpaired) electrons. The van der Waals surface area contributed by atoms with Crippen LogP contribution in [0.3, 0.4) is 0 Å². The van der Waals surface area contributed by atoms with E-state index in [1.165, 1.54) is 14.2 Å². The Hall–Kier alpha value is -3.23. The number of rotatable bonds is 9. The van der Waals surface area contributed by atoms with Crippen molar-refractivity contribution in [2.75, 3.05) is 49.2 Å². The first-order chi connectivity index (χ1) is 15.5. The average Bonchev–Trinajstić information content (AvgIpc) is 2.97. The summed E-state index contributed by atoms with van der Waals surface area (Å²) in [6, 6.07) is 9.09. The van der Waals surface area contributed by atoms with Crippen molar-refractivity contribution in [2.24, 2.45) is 0 Å². The second-order valence-electron chi connectivity index (χ2n) is 7.04. The maximum atomic E-state index is 13.8. The number of nitrogens with zero attached hydrogens (tertiary/aromatic N) is 1. The van der Waals surface area contributed by atoms with E-state index in [0.29, 0.717) is 40.7 Å². The Labute approximate surface area is 188 Å². The molecule has 0 saturated heterocycles. The summed E-state index contributed by atoms with van der Waals surface area (Å²) in [4.78, 5) is 15.4. The van der Waals surface area contributed by atoms with Gasteiger partial charge in [0.15, 0.2) is 29.3 Å². The third-order valence-electron chi connectivity index (χ3n) is 5.43. The van der Waals surface area contributed by atoms with E-state index in [4.69, 9.17) is 28.4 Å². The van der Waals surface area contributed by atoms with Crippen LogP contribution in [0, 0.1) is 0 Å². The van der Waals surface area contributed by atoms with Crippen molar-refractivity contribution >= 4 is 11.6 Å². The fourth-order valence-corrected chi connectivity index (χ4v) is 3.71. The zero-order chi connectivity index (χ0) is 23.3. The zero-order valence-electron chi connectivity index (χ0n) is 19.3. The lowest BCUT2D eigenvalue weighted by Crippen LogP contribution is -2.37. The van der Waals surface area contributed by atoms with Gasteiger partial charge in [-0.1, -0.05) is 6.08 Å². The van der Waals surface area contributed by atoms with Crippen LogP contribution in [0.1, 0.15) is 21.5 Å². The summed E-state index contributed by atoms with van der Waals surface area (Å²) in [6.07, 6.45) is 1.91. The molecule has 0 atom stereocenters. The molecule has 0 N–H and O–H groups in total. The van der Waals surface area contributed by atoms with Crippen LogP contribution in [0.5, 0.6) is 23.0 Å². The van der Waals surface area contributed by atoms with Crippen LogP contribution in [0.4, 0.5) is 0 Å². The quantitative estimate of drug-likeness (QED) is 0.550. The number of fused-ring (bicyclic) bond motifs is 1. The summed E-state index contributed by atoms with van der Waals surface area (Å²) in [7, 11) is 9.35. The maximum Gasteiger partial charge on any atom is 0.258 e. The molecule has 0 spiro atoms. The van der Waals surface area contributed by atoms with Gasteiger partial charge in [0.1, 0.15) is 0 Å². The largest absolute Gasteiger partial charge is 0.493 e. The number of ether oxygens (including phenoxy) is 6. The van der Waals surface area contributed by atoms with Crippen molar-refractivity contribution in [2.45, 2.75) is 12.7 Å². The van der Waals surface area contributed by atoms with Crippen LogP contribution in [0.2, 0.25) is 0 Å². The topological polar surface area (TPSA) is 75.7 Å². The molecule has 1 aliphatic heterocycles. The van der Waals surface area contributed by atoms with E-state index in [0.717, 1.165) is 11.1 Å². The van der Waals surface area contributed by atoms with E-state index < -0.39 is 6.29 Å². The van der Waals surface area contributed by atoms with Crippen LogP contribution in [-0.2, 0) is 15.9 Å². The molecule has 1 heterocycles. The molecule has 3 rings (SSSR count). The molecule has 1 aliphatic rings. The van der Waals surface area contributed by atoms with Crippen LogP contribution >= 0.6 is 0 Å². The molecule has 0 saturated carbocycles. The molecule has 0 aliphatic carbocycles. The van der Waals surface area contributed by atoms with E-state index in [2.05, 4.69) is 0 Å². The summed E-state index contributed by atoms with van der Waals surface area (Å²) >= 11 is 0. The molecule has 2 aromatic rings. The van der Waals surface area contributed by atoms with Crippen molar-refractivity contribution in [1.29, 1.82) is 0 Å². The first kappa shape index (κ1) is 23.4. The third kappa shape index (κ3) is 4.51. The van der Waals surface area contributed by atoms with Crippen molar-refractivity contribution < 1.29 is 33.2 Å². The molecular formula is C24H29NO7. The number of carbonyl (C=O) groups is 1. The SMILES string of the molecule is COc1ccc(C2=CCc3cc(OC)c(OC)cc3C(=O)N2CC(OC)OC)cc1OC. The van der Waals surface area contributed by atoms with Crippen LogP contribution in [0.25, 0.3) is 5.70 Å². The highest BCUT2D eigenvalue weighted by atomic mass is 16.7. The number of amides is 1. The third-order valence-corrected chi connectivity index (χ3v) is 5.43. The Morgan fingerprint density at radius 3 is 2.00 bits per heavy atom. The predicted molar refractivity (Wildman–Crippen MR) is 120 cm³/mol. The van der Waals surface area contributed by atoms with E-state index >= 15 is 0 Å². The van der Waals surface area contributed by atoms with E-state index in [9.17, 15) is 4.79 Å². The van der Waals surface area contributed by atoms with E-state index in [-0.39, 0.29) is 12.5 Å². The van der Waals surface area contributed by atoms with Crippen LogP contribution < -0.4 is 18.9 Å². The molecule has 2 aromatic carbocycles. The lowest BCUT2D eigenvalue weighted by atomic mass is 10.0. The second-order valence-corrected chi connectivity index (χ2v) is 7.04. The molecule has 1 amide bonds. The van der Waals surface area contributed by atoms with Gasteiger partial charge in [0, 0.05) is 31.0 Å². The molecule has 0 unspecified atom stereocenters. The van der Waals surface area contributed by atoms with Crippen molar-refractivity contribution in [3.8, 4) is 23.0 Å². The van der Waals surface area contributed by atoms with Gasteiger partial charge >= 0.3 is 0 Å². The van der Waals surface area contributed by atoms with Gasteiger partial charge in [0.2, 0.25) is 0 Å². The summed E-state index contributed by atoms with van der Waals surface area (Å²) in [5.74, 6) is 2.04. The van der Waals surface area contributed by atoms with E-state index in [1.807, 2.05) is 30.3 Å². The van der Waals surface area contributed by atoms with Crippen molar-refractivity contribution in [3.05, 3.63) is 53.1 Å². The van der Waals surface area contributed by atoms with Gasteiger partial charge in [-0.25, -0.2) is 0 Å². The van der Waals surface area contributed by atoms with Gasteiger partial charge in [0.25, 0.3) is 5.91 Å². The van der Waals surface area contributed by atoms with Crippen molar-refractivity contribution in [3.63, 3.8) is 0 Å². The lowest BCUT2D eigenvalue weighted by molar-refractivity contribution is -0.107. The van der Waals surface area contributed by atoms with Gasteiger partial charge in [-0.2, -0.15) is 0 Å². The number of methoxy groups -OCH3 is 6. The summed E-state index contributed by atoms with van der Waals surface area (Å²) in [5, 5.41) is 0. The molecule has 0 aromatic heterocycles. The minimum atomic E-state index is -0.607. The Morgan fingerprint density at radius 1 is 0.812 bits per heavy atom. The normalized spacial score (nSPS) is 13.4. The second kappa shape index (κ2) is 10.4. The molecule has 0 bridgehead atoms. The molecule has 172 valence electrons. The van der Waals surface area contributed by atoms with Crippen molar-refractivity contribution in [1.82, 2.24) is 4.90 Å². The highest BCUT2D eigenvalue weighted by Crippen LogP contribution is 2.37. The molecule has 32 heavy (non-hydrogen) atoms. The maximum absolute atomic E-state index is 13.8. The summed E-state index contributed by atoms with van der Waals surface area (Å²) < 4.78 is 32.5. The number of hydrogen-bond acceptors (Lipinski definition) is 7. The molecule has 8 heteroatoms. The Morgan fingerprint density at radius 2 is 1.41 bits per heavy atom. The predicted octanol–water partition coefficient (Wildman–Crippen LogP) is 3.38. The molecule has 8 nitrogen and oxygen atoms in total. The zero-order valence-corrected chi connectivity index (χ0v) is 19.3. The monoisotopic (exact) mass is 443 g/mol. The molecular weight excluding hydrogens is 414 g/mol. The molecule has 0 fully saturated rings. The average molecular weight is 443 g/mol. The highest BCUT2D eigenvalue weighted by Gasteiger charge is 2.30. The van der Waals surface area contributed by atoms with Gasteiger partial charge in [0.05, 0.1) is 35.0 Å². The standard InChI is InChI=1S/C24H29NO7/c1-27-19-10-8-16(12-20(19)28-2)18-9-7-15-11-21(29-3)22(30-4)13-17(15)24(26)25(18)14-23(31-5)32-6/h8-13,23H,7,14H2,1-6H3. The van der Waals surface area contributed by atoms with Gasteiger partial charge in [-0.3, -0.25) is 4.79 Å². The number of hydrogen-bond donors (Lipinski definition) is 0. The fourth-order valence-electron chi connectivity index (χ4n) is 3.71. The lowest BCUT2D eigenvalue weighted by Gasteiger charge is -2.28. The Bertz CT molecular complexity index is 998. The first-order valence-corrected chi connectivity index (χ1v) is 10.1. The smallest absolute Gasteiger partial charge is 0.258 e. The Kier molecular flexibility index (Phi) is 7.61. The van der Waals surface area contributed by atoms with Gasteiger partial charge in [-0.05, 0) is 42.3 Å². The van der Waals surface area contributed by atoms with Gasteiger partial charge in [-0.15, -0.1) is 0 Å². The van der Waals surface area contributed by atoms with Crippen LogP contribution in [0.15, 0.2) is 36.4 Å². The van der Waals surface area contributed by atoms with Gasteiger partial charge < -0.3 is 33.3 Å². The number of allylic oxidation sites excluding steroid dienone is 1. The Balaban J connectivity index is 2.14.